The largest absolute Gasteiger partial charge is 0.503 e. The average Bonchev–Trinajstić information content (AvgIpc) is 3.14. The van der Waals surface area contributed by atoms with Crippen molar-refractivity contribution in [3.8, 4) is 5.75 Å². The van der Waals surface area contributed by atoms with Crippen LogP contribution in [0.1, 0.15) is 18.1 Å². The Hall–Kier alpha value is -2.15. The number of benzene rings is 1. The minimum atomic E-state index is -0.370. The first kappa shape index (κ1) is 17.7. The van der Waals surface area contributed by atoms with E-state index in [2.05, 4.69) is 4.90 Å². The van der Waals surface area contributed by atoms with Crippen molar-refractivity contribution in [2.75, 3.05) is 26.3 Å². The smallest absolute Gasteiger partial charge is 0.293 e. The third kappa shape index (κ3) is 4.48. The van der Waals surface area contributed by atoms with Gasteiger partial charge in [0.25, 0.3) is 5.56 Å². The van der Waals surface area contributed by atoms with Crippen LogP contribution in [-0.2, 0) is 22.6 Å². The van der Waals surface area contributed by atoms with E-state index < -0.39 is 0 Å². The molecular formula is C19H24N2O4. The molecule has 1 fully saturated rings. The number of aromatic nitrogens is 1. The Morgan fingerprint density at radius 2 is 1.92 bits per heavy atom. The van der Waals surface area contributed by atoms with Crippen LogP contribution in [0.4, 0.5) is 0 Å². The zero-order chi connectivity index (χ0) is 17.6. The number of pyridine rings is 1. The molecule has 1 saturated heterocycles. The molecule has 3 rings (SSSR count). The summed E-state index contributed by atoms with van der Waals surface area (Å²) >= 11 is 0. The predicted molar refractivity (Wildman–Crippen MR) is 94.6 cm³/mol. The molecule has 0 radical (unpaired) electrons. The number of likely N-dealkylation sites (N-methyl/N-ethyl adjacent to an activating group) is 1. The molecule has 1 N–H and O–H groups in total. The summed E-state index contributed by atoms with van der Waals surface area (Å²) in [5, 5.41) is 10.3. The van der Waals surface area contributed by atoms with E-state index in [4.69, 9.17) is 9.47 Å². The lowest BCUT2D eigenvalue weighted by atomic mass is 10.2. The lowest BCUT2D eigenvalue weighted by molar-refractivity contribution is -0.0626. The van der Waals surface area contributed by atoms with Gasteiger partial charge < -0.3 is 19.1 Å². The summed E-state index contributed by atoms with van der Waals surface area (Å²) in [7, 11) is 0. The summed E-state index contributed by atoms with van der Waals surface area (Å²) in [5.74, 6) is -0.190. The topological polar surface area (TPSA) is 63.9 Å². The van der Waals surface area contributed by atoms with E-state index >= 15 is 0 Å². The van der Waals surface area contributed by atoms with Gasteiger partial charge in [-0.25, -0.2) is 0 Å². The molecule has 6 nitrogen and oxygen atoms in total. The number of rotatable bonds is 7. The van der Waals surface area contributed by atoms with Gasteiger partial charge in [-0.1, -0.05) is 37.3 Å². The van der Waals surface area contributed by atoms with Crippen molar-refractivity contribution in [3.05, 3.63) is 64.1 Å². The van der Waals surface area contributed by atoms with E-state index in [9.17, 15) is 9.90 Å². The van der Waals surface area contributed by atoms with Crippen LogP contribution in [0.15, 0.2) is 47.4 Å². The fourth-order valence-corrected chi connectivity index (χ4v) is 2.90. The van der Waals surface area contributed by atoms with E-state index in [1.807, 2.05) is 37.3 Å². The van der Waals surface area contributed by atoms with Crippen LogP contribution in [0, 0.1) is 0 Å². The molecular weight excluding hydrogens is 320 g/mol. The maximum Gasteiger partial charge on any atom is 0.293 e. The molecule has 2 heterocycles. The molecule has 0 aliphatic carbocycles. The lowest BCUT2D eigenvalue weighted by Crippen LogP contribution is -2.33. The monoisotopic (exact) mass is 344 g/mol. The van der Waals surface area contributed by atoms with E-state index in [0.29, 0.717) is 38.4 Å². The van der Waals surface area contributed by atoms with Gasteiger partial charge in [0.1, 0.15) is 0 Å². The summed E-state index contributed by atoms with van der Waals surface area (Å²) in [6.45, 7) is 5.56. The van der Waals surface area contributed by atoms with E-state index in [1.54, 1.807) is 12.3 Å². The number of ether oxygens (including phenoxy) is 2. The standard InChI is InChI=1S/C19H24N2O4/c1-2-20(14-17-24-10-11-25-17)13-16-8-9-21(19(23)18(16)22)12-15-6-4-3-5-7-15/h3-9,17,22H,2,10-14H2,1H3. The highest BCUT2D eigenvalue weighted by Gasteiger charge is 2.20. The van der Waals surface area contributed by atoms with Crippen LogP contribution in [0.2, 0.25) is 0 Å². The minimum absolute atomic E-state index is 0.190. The van der Waals surface area contributed by atoms with Gasteiger partial charge in [-0.05, 0) is 18.2 Å². The van der Waals surface area contributed by atoms with Crippen molar-refractivity contribution in [2.45, 2.75) is 26.3 Å². The Bertz CT molecular complexity index is 739. The molecule has 1 aromatic carbocycles. The molecule has 0 saturated carbocycles. The van der Waals surface area contributed by atoms with Crippen molar-refractivity contribution in [1.29, 1.82) is 0 Å². The molecule has 25 heavy (non-hydrogen) atoms. The van der Waals surface area contributed by atoms with Crippen molar-refractivity contribution < 1.29 is 14.6 Å². The number of aromatic hydroxyl groups is 1. The fourth-order valence-electron chi connectivity index (χ4n) is 2.90. The van der Waals surface area contributed by atoms with Crippen LogP contribution in [0.5, 0.6) is 5.75 Å². The van der Waals surface area contributed by atoms with Gasteiger partial charge in [0, 0.05) is 24.8 Å². The molecule has 1 aliphatic heterocycles. The summed E-state index contributed by atoms with van der Waals surface area (Å²) < 4.78 is 12.5. The van der Waals surface area contributed by atoms with E-state index in [0.717, 1.165) is 12.1 Å². The van der Waals surface area contributed by atoms with Gasteiger partial charge in [-0.3, -0.25) is 9.69 Å². The molecule has 2 aromatic rings. The van der Waals surface area contributed by atoms with Gasteiger partial charge in [-0.2, -0.15) is 0 Å². The Morgan fingerprint density at radius 1 is 1.20 bits per heavy atom. The Labute approximate surface area is 147 Å². The van der Waals surface area contributed by atoms with Crippen molar-refractivity contribution in [3.63, 3.8) is 0 Å². The Morgan fingerprint density at radius 3 is 2.60 bits per heavy atom. The molecule has 134 valence electrons. The molecule has 6 heteroatoms. The maximum atomic E-state index is 12.5. The second-order valence-electron chi connectivity index (χ2n) is 6.11. The van der Waals surface area contributed by atoms with Crippen LogP contribution >= 0.6 is 0 Å². The van der Waals surface area contributed by atoms with Crippen LogP contribution in [0.3, 0.4) is 0 Å². The fraction of sp³-hybridized carbons (Fsp3) is 0.421. The Balaban J connectivity index is 1.71. The molecule has 0 amide bonds. The Kier molecular flexibility index (Phi) is 5.86. The first-order valence-corrected chi connectivity index (χ1v) is 8.58. The van der Waals surface area contributed by atoms with Crippen molar-refractivity contribution in [1.82, 2.24) is 9.47 Å². The van der Waals surface area contributed by atoms with E-state index in [-0.39, 0.29) is 17.6 Å². The highest BCUT2D eigenvalue weighted by molar-refractivity contribution is 5.29. The van der Waals surface area contributed by atoms with Gasteiger partial charge in [0.15, 0.2) is 12.0 Å². The zero-order valence-electron chi connectivity index (χ0n) is 14.4. The average molecular weight is 344 g/mol. The zero-order valence-corrected chi connectivity index (χ0v) is 14.4. The van der Waals surface area contributed by atoms with Crippen molar-refractivity contribution >= 4 is 0 Å². The molecule has 0 unspecified atom stereocenters. The minimum Gasteiger partial charge on any atom is -0.503 e. The quantitative estimate of drug-likeness (QED) is 0.830. The third-order valence-electron chi connectivity index (χ3n) is 4.36. The number of hydrogen-bond acceptors (Lipinski definition) is 5. The first-order chi connectivity index (χ1) is 12.2. The van der Waals surface area contributed by atoms with E-state index in [1.165, 1.54) is 4.57 Å². The first-order valence-electron chi connectivity index (χ1n) is 8.58. The summed E-state index contributed by atoms with van der Waals surface area (Å²) in [6, 6.07) is 11.5. The van der Waals surface area contributed by atoms with Gasteiger partial charge in [-0.15, -0.1) is 0 Å². The molecule has 1 aliphatic rings. The normalized spacial score (nSPS) is 15.1. The molecule has 1 aromatic heterocycles. The second-order valence-corrected chi connectivity index (χ2v) is 6.11. The second kappa shape index (κ2) is 8.29. The summed E-state index contributed by atoms with van der Waals surface area (Å²) in [5.41, 5.74) is 1.27. The highest BCUT2D eigenvalue weighted by atomic mass is 16.7. The number of nitrogens with zero attached hydrogens (tertiary/aromatic N) is 2. The number of hydrogen-bond donors (Lipinski definition) is 1. The molecule has 0 bridgehead atoms. The predicted octanol–water partition coefficient (Wildman–Crippen LogP) is 1.80. The summed E-state index contributed by atoms with van der Waals surface area (Å²) in [6.07, 6.45) is 1.50. The SMILES string of the molecule is CCN(Cc1ccn(Cc2ccccc2)c(=O)c1O)CC1OCCO1. The van der Waals surface area contributed by atoms with Gasteiger partial charge in [0.05, 0.1) is 19.8 Å². The molecule has 0 spiro atoms. The highest BCUT2D eigenvalue weighted by Crippen LogP contribution is 2.16. The molecule has 0 atom stereocenters. The van der Waals surface area contributed by atoms with Crippen LogP contribution < -0.4 is 5.56 Å². The van der Waals surface area contributed by atoms with Gasteiger partial charge >= 0.3 is 0 Å². The van der Waals surface area contributed by atoms with Crippen molar-refractivity contribution in [2.24, 2.45) is 0 Å². The van der Waals surface area contributed by atoms with Crippen LogP contribution in [0.25, 0.3) is 0 Å². The lowest BCUT2D eigenvalue weighted by Gasteiger charge is -2.23. The third-order valence-corrected chi connectivity index (χ3v) is 4.36. The van der Waals surface area contributed by atoms with Gasteiger partial charge in [0.2, 0.25) is 0 Å². The summed E-state index contributed by atoms with van der Waals surface area (Å²) in [4.78, 5) is 14.5. The maximum absolute atomic E-state index is 12.5. The van der Waals surface area contributed by atoms with Crippen LogP contribution in [-0.4, -0.2) is 47.2 Å².